The van der Waals surface area contributed by atoms with Gasteiger partial charge in [0.1, 0.15) is 5.75 Å². The van der Waals surface area contributed by atoms with Crippen molar-refractivity contribution in [3.05, 3.63) is 41.5 Å². The zero-order chi connectivity index (χ0) is 16.9. The number of hydrogen-bond donors (Lipinski definition) is 1. The number of amides is 1. The summed E-state index contributed by atoms with van der Waals surface area (Å²) in [4.78, 5) is 27.7. The Kier molecular flexibility index (Phi) is 4.88. The SMILES string of the molecule is CCc1nc(COc2ccc(C(=O)NCC(=O)C3CC3)cc2)no1. The Hall–Kier alpha value is -2.70. The van der Waals surface area contributed by atoms with E-state index in [2.05, 4.69) is 15.5 Å². The molecule has 1 amide bonds. The Morgan fingerprint density at radius 1 is 1.29 bits per heavy atom. The lowest BCUT2D eigenvalue weighted by molar-refractivity contribution is -0.119. The first kappa shape index (κ1) is 16.2. The van der Waals surface area contributed by atoms with Crippen LogP contribution >= 0.6 is 0 Å². The largest absolute Gasteiger partial charge is 0.485 e. The lowest BCUT2D eigenvalue weighted by Crippen LogP contribution is -2.30. The van der Waals surface area contributed by atoms with Crippen LogP contribution in [0.4, 0.5) is 0 Å². The van der Waals surface area contributed by atoms with Crippen LogP contribution < -0.4 is 10.1 Å². The van der Waals surface area contributed by atoms with Gasteiger partial charge in [-0.25, -0.2) is 0 Å². The number of nitrogens with zero attached hydrogens (tertiary/aromatic N) is 2. The molecule has 1 N–H and O–H groups in total. The van der Waals surface area contributed by atoms with Crippen LogP contribution in [-0.4, -0.2) is 28.4 Å². The van der Waals surface area contributed by atoms with Crippen LogP contribution in [-0.2, 0) is 17.8 Å². The molecule has 7 heteroatoms. The normalized spacial score (nSPS) is 13.5. The van der Waals surface area contributed by atoms with Gasteiger partial charge in [0.15, 0.2) is 12.4 Å². The van der Waals surface area contributed by atoms with E-state index in [0.717, 1.165) is 12.8 Å². The van der Waals surface area contributed by atoms with Gasteiger partial charge in [0.2, 0.25) is 11.7 Å². The van der Waals surface area contributed by atoms with E-state index < -0.39 is 0 Å². The molecule has 0 aliphatic heterocycles. The van der Waals surface area contributed by atoms with Crippen LogP contribution in [0.15, 0.2) is 28.8 Å². The average Bonchev–Trinajstić information content (AvgIpc) is 3.36. The molecule has 1 saturated carbocycles. The molecule has 0 saturated heterocycles. The van der Waals surface area contributed by atoms with Gasteiger partial charge in [-0.3, -0.25) is 9.59 Å². The minimum absolute atomic E-state index is 0.0966. The van der Waals surface area contributed by atoms with Gasteiger partial charge in [0.05, 0.1) is 6.54 Å². The molecule has 0 unspecified atom stereocenters. The number of carbonyl (C=O) groups is 2. The molecule has 1 heterocycles. The number of ketones is 1. The van der Waals surface area contributed by atoms with Crippen molar-refractivity contribution in [1.82, 2.24) is 15.5 Å². The number of nitrogens with one attached hydrogen (secondary N) is 1. The third-order valence-corrected chi connectivity index (χ3v) is 3.75. The average molecular weight is 329 g/mol. The van der Waals surface area contributed by atoms with E-state index in [-0.39, 0.29) is 30.8 Å². The highest BCUT2D eigenvalue weighted by molar-refractivity contribution is 5.97. The number of aryl methyl sites for hydroxylation is 1. The van der Waals surface area contributed by atoms with E-state index in [9.17, 15) is 9.59 Å². The van der Waals surface area contributed by atoms with Crippen LogP contribution in [0.25, 0.3) is 0 Å². The molecule has 0 atom stereocenters. The van der Waals surface area contributed by atoms with Crippen LogP contribution in [0.2, 0.25) is 0 Å². The smallest absolute Gasteiger partial charge is 0.251 e. The summed E-state index contributed by atoms with van der Waals surface area (Å²) in [6.45, 7) is 2.23. The molecule has 1 aliphatic carbocycles. The van der Waals surface area contributed by atoms with Crippen molar-refractivity contribution in [2.45, 2.75) is 32.8 Å². The highest BCUT2D eigenvalue weighted by atomic mass is 16.5. The minimum atomic E-state index is -0.263. The van der Waals surface area contributed by atoms with Crippen LogP contribution in [0, 0.1) is 5.92 Å². The van der Waals surface area contributed by atoms with Gasteiger partial charge in [-0.1, -0.05) is 12.1 Å². The van der Waals surface area contributed by atoms with Crippen molar-refractivity contribution in [3.8, 4) is 5.75 Å². The summed E-state index contributed by atoms with van der Waals surface area (Å²) in [5.74, 6) is 1.65. The van der Waals surface area contributed by atoms with E-state index >= 15 is 0 Å². The number of rotatable bonds is 8. The Balaban J connectivity index is 1.48. The predicted molar refractivity (Wildman–Crippen MR) is 84.5 cm³/mol. The van der Waals surface area contributed by atoms with Crippen LogP contribution in [0.3, 0.4) is 0 Å². The van der Waals surface area contributed by atoms with Gasteiger partial charge in [-0.15, -0.1) is 0 Å². The van der Waals surface area contributed by atoms with Crippen LogP contribution in [0.1, 0.15) is 41.8 Å². The third kappa shape index (κ3) is 4.18. The minimum Gasteiger partial charge on any atom is -0.485 e. The molecule has 1 fully saturated rings. The van der Waals surface area contributed by atoms with Crippen molar-refractivity contribution in [2.75, 3.05) is 6.54 Å². The van der Waals surface area contributed by atoms with Gasteiger partial charge in [-0.05, 0) is 37.1 Å². The molecule has 24 heavy (non-hydrogen) atoms. The summed E-state index contributed by atoms with van der Waals surface area (Å²) in [5.41, 5.74) is 0.485. The fourth-order valence-electron chi connectivity index (χ4n) is 2.16. The van der Waals surface area contributed by atoms with Gasteiger partial charge in [0.25, 0.3) is 5.91 Å². The van der Waals surface area contributed by atoms with Gasteiger partial charge < -0.3 is 14.6 Å². The van der Waals surface area contributed by atoms with Crippen LogP contribution in [0.5, 0.6) is 5.75 Å². The molecular weight excluding hydrogens is 310 g/mol. The standard InChI is InChI=1S/C17H19N3O4/c1-2-16-19-15(20-24-16)10-23-13-7-5-12(6-8-13)17(22)18-9-14(21)11-3-4-11/h5-8,11H,2-4,9-10H2,1H3,(H,18,22). The second kappa shape index (κ2) is 7.25. The van der Waals surface area contributed by atoms with E-state index in [1.807, 2.05) is 6.92 Å². The molecule has 0 bridgehead atoms. The number of Topliss-reactive ketones (excluding diaryl/α,β-unsaturated/α-hetero) is 1. The molecule has 0 spiro atoms. The van der Waals surface area contributed by atoms with Crippen molar-refractivity contribution >= 4 is 11.7 Å². The van der Waals surface area contributed by atoms with Gasteiger partial charge in [-0.2, -0.15) is 4.98 Å². The summed E-state index contributed by atoms with van der Waals surface area (Å²) in [7, 11) is 0. The van der Waals surface area contributed by atoms with Crippen molar-refractivity contribution in [2.24, 2.45) is 5.92 Å². The topological polar surface area (TPSA) is 94.3 Å². The molecule has 2 aromatic rings. The van der Waals surface area contributed by atoms with E-state index in [4.69, 9.17) is 9.26 Å². The second-order valence-corrected chi connectivity index (χ2v) is 5.69. The highest BCUT2D eigenvalue weighted by Gasteiger charge is 2.29. The molecule has 1 aliphatic rings. The van der Waals surface area contributed by atoms with E-state index in [1.54, 1.807) is 24.3 Å². The first-order valence-electron chi connectivity index (χ1n) is 8.01. The van der Waals surface area contributed by atoms with Crippen molar-refractivity contribution in [3.63, 3.8) is 0 Å². The number of ether oxygens (including phenoxy) is 1. The number of hydrogen-bond acceptors (Lipinski definition) is 6. The fourth-order valence-corrected chi connectivity index (χ4v) is 2.16. The molecule has 1 aromatic heterocycles. The maximum Gasteiger partial charge on any atom is 0.251 e. The lowest BCUT2D eigenvalue weighted by atomic mass is 10.2. The highest BCUT2D eigenvalue weighted by Crippen LogP contribution is 2.29. The molecule has 7 nitrogen and oxygen atoms in total. The summed E-state index contributed by atoms with van der Waals surface area (Å²) in [6, 6.07) is 6.69. The maximum absolute atomic E-state index is 12.0. The second-order valence-electron chi connectivity index (χ2n) is 5.69. The summed E-state index contributed by atoms with van der Waals surface area (Å²) in [5, 5.41) is 6.45. The first-order chi connectivity index (χ1) is 11.7. The fraction of sp³-hybridized carbons (Fsp3) is 0.412. The monoisotopic (exact) mass is 329 g/mol. The van der Waals surface area contributed by atoms with Crippen molar-refractivity contribution < 1.29 is 18.8 Å². The molecule has 0 radical (unpaired) electrons. The van der Waals surface area contributed by atoms with Crippen molar-refractivity contribution in [1.29, 1.82) is 0 Å². The number of carbonyl (C=O) groups excluding carboxylic acids is 2. The molecule has 126 valence electrons. The van der Waals surface area contributed by atoms with E-state index in [0.29, 0.717) is 29.4 Å². The first-order valence-corrected chi connectivity index (χ1v) is 8.01. The predicted octanol–water partition coefficient (Wildman–Crippen LogP) is 1.92. The summed E-state index contributed by atoms with van der Waals surface area (Å²) in [6.07, 6.45) is 2.57. The van der Waals surface area contributed by atoms with E-state index in [1.165, 1.54) is 0 Å². The Morgan fingerprint density at radius 3 is 2.67 bits per heavy atom. The summed E-state index contributed by atoms with van der Waals surface area (Å²) >= 11 is 0. The quantitative estimate of drug-likeness (QED) is 0.795. The maximum atomic E-state index is 12.0. The van der Waals surface area contributed by atoms with Gasteiger partial charge >= 0.3 is 0 Å². The number of aromatic nitrogens is 2. The third-order valence-electron chi connectivity index (χ3n) is 3.75. The van der Waals surface area contributed by atoms with Gasteiger partial charge in [0, 0.05) is 17.9 Å². The summed E-state index contributed by atoms with van der Waals surface area (Å²) < 4.78 is 10.6. The zero-order valence-corrected chi connectivity index (χ0v) is 13.4. The zero-order valence-electron chi connectivity index (χ0n) is 13.4. The molecule has 1 aromatic carbocycles. The Morgan fingerprint density at radius 2 is 2.04 bits per heavy atom. The Bertz CT molecular complexity index is 720. The number of benzene rings is 1. The lowest BCUT2D eigenvalue weighted by Gasteiger charge is -2.06. The Labute approximate surface area is 139 Å². The molecule has 3 rings (SSSR count). The molecular formula is C17H19N3O4.